The number of alkyl halides is 3. The minimum Gasteiger partial charge on any atom is -0.340 e. The molecule has 3 rings (SSSR count). The Morgan fingerprint density at radius 2 is 2.04 bits per heavy atom. The van der Waals surface area contributed by atoms with Crippen molar-refractivity contribution in [2.24, 2.45) is 0 Å². The van der Waals surface area contributed by atoms with E-state index in [1.165, 1.54) is 5.56 Å². The molecule has 1 saturated heterocycles. The third kappa shape index (κ3) is 4.30. The number of likely N-dealkylation sites (N-methyl/N-ethyl adjacent to an activating group) is 1. The topological polar surface area (TPSA) is 32.3 Å². The lowest BCUT2D eigenvalue weighted by molar-refractivity contribution is -0.141. The van der Waals surface area contributed by atoms with Crippen molar-refractivity contribution in [3.63, 3.8) is 0 Å². The maximum absolute atomic E-state index is 12.8. The lowest BCUT2D eigenvalue weighted by atomic mass is 10.2. The van der Waals surface area contributed by atoms with Crippen LogP contribution in [0.3, 0.4) is 0 Å². The van der Waals surface area contributed by atoms with Gasteiger partial charge in [0.25, 0.3) is 0 Å². The Hall–Kier alpha value is -1.67. The van der Waals surface area contributed by atoms with Crippen molar-refractivity contribution >= 4 is 21.9 Å². The van der Waals surface area contributed by atoms with Crippen LogP contribution in [0.25, 0.3) is 0 Å². The highest BCUT2D eigenvalue weighted by Gasteiger charge is 2.34. The normalized spacial score (nSPS) is 18.5. The van der Waals surface area contributed by atoms with Crippen LogP contribution in [0.2, 0.25) is 0 Å². The summed E-state index contributed by atoms with van der Waals surface area (Å²) < 4.78 is 39.6. The predicted molar refractivity (Wildman–Crippen MR) is 93.3 cm³/mol. The number of hydrogen-bond donors (Lipinski definition) is 0. The summed E-state index contributed by atoms with van der Waals surface area (Å²) >= 11 is 3.55. The highest BCUT2D eigenvalue weighted by atomic mass is 79.9. The number of aromatic nitrogens is 2. The molecule has 2 heterocycles. The van der Waals surface area contributed by atoms with E-state index in [-0.39, 0.29) is 12.0 Å². The van der Waals surface area contributed by atoms with E-state index in [0.29, 0.717) is 0 Å². The summed E-state index contributed by atoms with van der Waals surface area (Å²) in [5.74, 6) is 0.113. The molecule has 1 aliphatic rings. The molecule has 1 atom stereocenters. The highest BCUT2D eigenvalue weighted by Crippen LogP contribution is 2.29. The Balaban J connectivity index is 1.67. The molecule has 1 unspecified atom stereocenters. The second-order valence-electron chi connectivity index (χ2n) is 6.12. The smallest absolute Gasteiger partial charge is 0.340 e. The zero-order valence-corrected chi connectivity index (χ0v) is 15.3. The van der Waals surface area contributed by atoms with E-state index in [4.69, 9.17) is 0 Å². The van der Waals surface area contributed by atoms with Crippen LogP contribution < -0.4 is 4.90 Å². The largest absolute Gasteiger partial charge is 0.433 e. The summed E-state index contributed by atoms with van der Waals surface area (Å²) in [5.41, 5.74) is 0.286. The molecule has 1 aromatic heterocycles. The monoisotopic (exact) mass is 414 g/mol. The van der Waals surface area contributed by atoms with Crippen LogP contribution in [0.5, 0.6) is 0 Å². The van der Waals surface area contributed by atoms with Gasteiger partial charge in [-0.05, 0) is 24.1 Å². The van der Waals surface area contributed by atoms with Crippen molar-refractivity contribution in [1.82, 2.24) is 14.9 Å². The molecular formula is C17H18BrF3N4. The van der Waals surface area contributed by atoms with Crippen LogP contribution in [0, 0.1) is 0 Å². The zero-order valence-electron chi connectivity index (χ0n) is 13.7. The maximum Gasteiger partial charge on any atom is 0.433 e. The standard InChI is InChI=1S/C17H18BrF3N4/c1-24(16-22-8-6-15(23-16)17(19,20)21)13-7-9-25(11-13)10-12-4-2-3-5-14(12)18/h2-6,8,13H,7,9-11H2,1H3. The molecule has 0 aliphatic carbocycles. The Bertz CT molecular complexity index is 738. The lowest BCUT2D eigenvalue weighted by Gasteiger charge is -2.25. The van der Waals surface area contributed by atoms with E-state index < -0.39 is 11.9 Å². The fourth-order valence-corrected chi connectivity index (χ4v) is 3.39. The number of anilines is 1. The van der Waals surface area contributed by atoms with Gasteiger partial charge in [-0.25, -0.2) is 9.97 Å². The molecule has 1 fully saturated rings. The van der Waals surface area contributed by atoms with Gasteiger partial charge in [-0.1, -0.05) is 34.1 Å². The maximum atomic E-state index is 12.8. The first-order valence-corrected chi connectivity index (χ1v) is 8.73. The van der Waals surface area contributed by atoms with Crippen LogP contribution in [0.15, 0.2) is 41.0 Å². The first kappa shape index (κ1) is 18.1. The fraction of sp³-hybridized carbons (Fsp3) is 0.412. The molecule has 0 saturated carbocycles. The van der Waals surface area contributed by atoms with E-state index in [0.717, 1.165) is 42.8 Å². The van der Waals surface area contributed by atoms with Crippen LogP contribution >= 0.6 is 15.9 Å². The highest BCUT2D eigenvalue weighted by molar-refractivity contribution is 9.10. The lowest BCUT2D eigenvalue weighted by Crippen LogP contribution is -2.35. The van der Waals surface area contributed by atoms with Gasteiger partial charge in [0, 0.05) is 43.4 Å². The van der Waals surface area contributed by atoms with E-state index >= 15 is 0 Å². The molecule has 0 radical (unpaired) electrons. The summed E-state index contributed by atoms with van der Waals surface area (Å²) in [6.45, 7) is 2.45. The summed E-state index contributed by atoms with van der Waals surface area (Å²) in [7, 11) is 1.75. The predicted octanol–water partition coefficient (Wildman–Crippen LogP) is 3.97. The number of rotatable bonds is 4. The van der Waals surface area contributed by atoms with E-state index in [2.05, 4.69) is 36.9 Å². The number of halogens is 4. The minimum absolute atomic E-state index is 0.0889. The molecule has 2 aromatic rings. The third-order valence-electron chi connectivity index (χ3n) is 4.40. The molecule has 134 valence electrons. The van der Waals surface area contributed by atoms with Crippen LogP contribution in [-0.2, 0) is 12.7 Å². The number of nitrogens with zero attached hydrogens (tertiary/aromatic N) is 4. The quantitative estimate of drug-likeness (QED) is 0.757. The van der Waals surface area contributed by atoms with Gasteiger partial charge in [0.2, 0.25) is 5.95 Å². The van der Waals surface area contributed by atoms with Gasteiger partial charge in [-0.2, -0.15) is 13.2 Å². The van der Waals surface area contributed by atoms with Gasteiger partial charge in [0.1, 0.15) is 5.69 Å². The van der Waals surface area contributed by atoms with Gasteiger partial charge in [-0.15, -0.1) is 0 Å². The van der Waals surface area contributed by atoms with Crippen LogP contribution in [0.4, 0.5) is 19.1 Å². The van der Waals surface area contributed by atoms with Crippen molar-refractivity contribution in [2.45, 2.75) is 25.2 Å². The molecule has 0 spiro atoms. The Morgan fingerprint density at radius 3 is 2.76 bits per heavy atom. The van der Waals surface area contributed by atoms with Gasteiger partial charge >= 0.3 is 6.18 Å². The molecular weight excluding hydrogens is 397 g/mol. The second kappa shape index (κ2) is 7.29. The van der Waals surface area contributed by atoms with Crippen molar-refractivity contribution in [1.29, 1.82) is 0 Å². The Labute approximate surface area is 152 Å². The summed E-state index contributed by atoms with van der Waals surface area (Å²) in [6.07, 6.45) is -2.43. The number of benzene rings is 1. The molecule has 0 bridgehead atoms. The average Bonchev–Trinajstić information content (AvgIpc) is 3.04. The molecule has 1 aromatic carbocycles. The summed E-state index contributed by atoms with van der Waals surface area (Å²) in [4.78, 5) is 11.7. The second-order valence-corrected chi connectivity index (χ2v) is 6.97. The van der Waals surface area contributed by atoms with Crippen LogP contribution in [0.1, 0.15) is 17.7 Å². The van der Waals surface area contributed by atoms with Crippen molar-refractivity contribution in [2.75, 3.05) is 25.0 Å². The van der Waals surface area contributed by atoms with Gasteiger partial charge < -0.3 is 4.90 Å². The number of hydrogen-bond acceptors (Lipinski definition) is 4. The van der Waals surface area contributed by atoms with Gasteiger partial charge in [0.15, 0.2) is 0 Å². The molecule has 25 heavy (non-hydrogen) atoms. The molecule has 0 N–H and O–H groups in total. The molecule has 1 aliphatic heterocycles. The average molecular weight is 415 g/mol. The van der Waals surface area contributed by atoms with E-state index in [9.17, 15) is 13.2 Å². The summed E-state index contributed by atoms with van der Waals surface area (Å²) in [5, 5.41) is 0. The first-order chi connectivity index (χ1) is 11.8. The van der Waals surface area contributed by atoms with Crippen LogP contribution in [-0.4, -0.2) is 41.0 Å². The summed E-state index contributed by atoms with van der Waals surface area (Å²) in [6, 6.07) is 9.02. The zero-order chi connectivity index (χ0) is 18.0. The Kier molecular flexibility index (Phi) is 5.29. The van der Waals surface area contributed by atoms with E-state index in [1.54, 1.807) is 11.9 Å². The molecule has 4 nitrogen and oxygen atoms in total. The Morgan fingerprint density at radius 1 is 1.28 bits per heavy atom. The SMILES string of the molecule is CN(c1nccc(C(F)(F)F)n1)C1CCN(Cc2ccccc2Br)C1. The third-order valence-corrected chi connectivity index (χ3v) is 5.17. The fourth-order valence-electron chi connectivity index (χ4n) is 2.98. The minimum atomic E-state index is -4.46. The van der Waals surface area contributed by atoms with Gasteiger partial charge in [0.05, 0.1) is 0 Å². The van der Waals surface area contributed by atoms with Crippen molar-refractivity contribution < 1.29 is 13.2 Å². The van der Waals surface area contributed by atoms with Crippen molar-refractivity contribution in [3.8, 4) is 0 Å². The van der Waals surface area contributed by atoms with Crippen molar-refractivity contribution in [3.05, 3.63) is 52.3 Å². The molecule has 0 amide bonds. The van der Waals surface area contributed by atoms with Gasteiger partial charge in [-0.3, -0.25) is 4.90 Å². The first-order valence-electron chi connectivity index (χ1n) is 7.93. The van der Waals surface area contributed by atoms with E-state index in [1.807, 2.05) is 18.2 Å². The molecule has 8 heteroatoms. The number of likely N-dealkylation sites (tertiary alicyclic amines) is 1.